The Morgan fingerprint density at radius 1 is 1.03 bits per heavy atom. The molecule has 0 aliphatic carbocycles. The molecular formula is C24H28N4O4S. The summed E-state index contributed by atoms with van der Waals surface area (Å²) < 4.78 is 33.4. The molecule has 8 nitrogen and oxygen atoms in total. The second-order valence-electron chi connectivity index (χ2n) is 8.34. The van der Waals surface area contributed by atoms with E-state index in [4.69, 9.17) is 4.52 Å². The van der Waals surface area contributed by atoms with Crippen LogP contribution in [0.25, 0.3) is 11.1 Å². The highest BCUT2D eigenvalue weighted by atomic mass is 32.2. The largest absolute Gasteiger partial charge is 0.364 e. The predicted octanol–water partition coefficient (Wildman–Crippen LogP) is 3.11. The summed E-state index contributed by atoms with van der Waals surface area (Å²) in [5, 5.41) is 3.93. The van der Waals surface area contributed by atoms with Gasteiger partial charge in [0.1, 0.15) is 12.0 Å². The number of nitrogens with zero attached hydrogens (tertiary/aromatic N) is 4. The summed E-state index contributed by atoms with van der Waals surface area (Å²) in [5.74, 6) is -0.293. The van der Waals surface area contributed by atoms with Crippen LogP contribution in [0.5, 0.6) is 0 Å². The van der Waals surface area contributed by atoms with Crippen LogP contribution in [0.2, 0.25) is 0 Å². The third kappa shape index (κ3) is 4.85. The van der Waals surface area contributed by atoms with Crippen molar-refractivity contribution < 1.29 is 17.7 Å². The van der Waals surface area contributed by atoms with Crippen molar-refractivity contribution in [3.63, 3.8) is 0 Å². The maximum Gasteiger partial charge on any atom is 0.254 e. The van der Waals surface area contributed by atoms with Gasteiger partial charge >= 0.3 is 0 Å². The van der Waals surface area contributed by atoms with Crippen LogP contribution in [-0.2, 0) is 10.0 Å². The number of piperazine rings is 1. The summed E-state index contributed by atoms with van der Waals surface area (Å²) in [5.41, 5.74) is 2.45. The fraction of sp³-hybridized carbons (Fsp3) is 0.333. The average Bonchev–Trinajstić information content (AvgIpc) is 3.38. The van der Waals surface area contributed by atoms with Gasteiger partial charge in [-0.15, -0.1) is 0 Å². The Kier molecular flexibility index (Phi) is 6.64. The van der Waals surface area contributed by atoms with Gasteiger partial charge in [0.2, 0.25) is 10.0 Å². The molecule has 2 aromatic carbocycles. The SMILES string of the molecule is C[C@@H](c1ccon1)N(C)C(=O)c1cc(-c2ccccc2)cc(S(=O)(=O)N2CCN(C)CC2)c1. The number of hydrogen-bond acceptors (Lipinski definition) is 6. The average molecular weight is 469 g/mol. The number of likely N-dealkylation sites (N-methyl/N-ethyl adjacent to an activating group) is 1. The van der Waals surface area contributed by atoms with Crippen molar-refractivity contribution in [3.8, 4) is 11.1 Å². The smallest absolute Gasteiger partial charge is 0.254 e. The van der Waals surface area contributed by atoms with Gasteiger partial charge in [-0.2, -0.15) is 4.31 Å². The fourth-order valence-electron chi connectivity index (χ4n) is 3.86. The van der Waals surface area contributed by atoms with Gasteiger partial charge in [-0.3, -0.25) is 4.79 Å². The lowest BCUT2D eigenvalue weighted by atomic mass is 10.0. The van der Waals surface area contributed by atoms with Gasteiger partial charge in [0.25, 0.3) is 5.91 Å². The van der Waals surface area contributed by atoms with Crippen LogP contribution in [0.15, 0.2) is 70.3 Å². The lowest BCUT2D eigenvalue weighted by Crippen LogP contribution is -2.47. The van der Waals surface area contributed by atoms with Crippen LogP contribution < -0.4 is 0 Å². The minimum absolute atomic E-state index is 0.124. The number of carbonyl (C=O) groups is 1. The van der Waals surface area contributed by atoms with E-state index in [1.54, 1.807) is 25.2 Å². The normalized spacial score (nSPS) is 16.5. The number of sulfonamides is 1. The second-order valence-corrected chi connectivity index (χ2v) is 10.3. The van der Waals surface area contributed by atoms with Crippen molar-refractivity contribution >= 4 is 15.9 Å². The summed E-state index contributed by atoms with van der Waals surface area (Å²) in [6.45, 7) is 4.02. The van der Waals surface area contributed by atoms with E-state index >= 15 is 0 Å². The topological polar surface area (TPSA) is 87.0 Å². The summed E-state index contributed by atoms with van der Waals surface area (Å²) in [7, 11) is -0.106. The van der Waals surface area contributed by atoms with Crippen LogP contribution in [-0.4, -0.2) is 73.9 Å². The number of aromatic nitrogens is 1. The van der Waals surface area contributed by atoms with E-state index < -0.39 is 10.0 Å². The molecule has 1 amide bonds. The number of rotatable bonds is 6. The Hall–Kier alpha value is -3.01. The lowest BCUT2D eigenvalue weighted by Gasteiger charge is -2.31. The molecule has 1 fully saturated rings. The van der Waals surface area contributed by atoms with E-state index in [1.807, 2.05) is 44.3 Å². The minimum atomic E-state index is -3.75. The minimum Gasteiger partial charge on any atom is -0.364 e. The summed E-state index contributed by atoms with van der Waals surface area (Å²) in [6.07, 6.45) is 1.46. The maximum atomic E-state index is 13.5. The number of carbonyl (C=O) groups excluding carboxylic acids is 1. The van der Waals surface area contributed by atoms with Crippen molar-refractivity contribution in [1.82, 2.24) is 19.3 Å². The molecule has 0 N–H and O–H groups in total. The summed E-state index contributed by atoms with van der Waals surface area (Å²) in [4.78, 5) is 17.2. The first-order valence-electron chi connectivity index (χ1n) is 10.8. The highest BCUT2D eigenvalue weighted by Gasteiger charge is 2.30. The Labute approximate surface area is 194 Å². The molecule has 2 heterocycles. The molecule has 174 valence electrons. The lowest BCUT2D eigenvalue weighted by molar-refractivity contribution is 0.0737. The highest BCUT2D eigenvalue weighted by Crippen LogP contribution is 2.29. The summed E-state index contributed by atoms with van der Waals surface area (Å²) >= 11 is 0. The molecule has 33 heavy (non-hydrogen) atoms. The third-order valence-electron chi connectivity index (χ3n) is 6.15. The molecule has 0 radical (unpaired) electrons. The zero-order valence-electron chi connectivity index (χ0n) is 19.0. The van der Waals surface area contributed by atoms with Crippen molar-refractivity contribution in [2.75, 3.05) is 40.3 Å². The Morgan fingerprint density at radius 3 is 2.36 bits per heavy atom. The standard InChI is InChI=1S/C24H28N4O4S/c1-18(23-9-14-32-25-23)27(3)24(29)21-15-20(19-7-5-4-6-8-19)16-22(17-21)33(30,31)28-12-10-26(2)11-13-28/h4-9,14-18H,10-13H2,1-3H3/t18-/m0/s1. The van der Waals surface area contributed by atoms with E-state index in [9.17, 15) is 13.2 Å². The maximum absolute atomic E-state index is 13.5. The van der Waals surface area contributed by atoms with Gasteiger partial charge in [-0.25, -0.2) is 8.42 Å². The van der Waals surface area contributed by atoms with Gasteiger partial charge in [0.05, 0.1) is 10.9 Å². The molecule has 0 unspecified atom stereocenters. The Bertz CT molecular complexity index is 1200. The monoisotopic (exact) mass is 468 g/mol. The first-order valence-corrected chi connectivity index (χ1v) is 12.3. The zero-order valence-corrected chi connectivity index (χ0v) is 19.8. The van der Waals surface area contributed by atoms with Crippen molar-refractivity contribution in [2.24, 2.45) is 0 Å². The first-order chi connectivity index (χ1) is 15.8. The van der Waals surface area contributed by atoms with Gasteiger partial charge in [0, 0.05) is 44.9 Å². The van der Waals surface area contributed by atoms with E-state index in [0.717, 1.165) is 5.56 Å². The molecule has 1 aliphatic heterocycles. The van der Waals surface area contributed by atoms with Gasteiger partial charge in [-0.05, 0) is 43.3 Å². The summed E-state index contributed by atoms with van der Waals surface area (Å²) in [6, 6.07) is 15.7. The Balaban J connectivity index is 1.75. The Morgan fingerprint density at radius 2 is 1.73 bits per heavy atom. The molecule has 3 aromatic rings. The zero-order chi connectivity index (χ0) is 23.6. The van der Waals surface area contributed by atoms with E-state index in [1.165, 1.54) is 21.5 Å². The molecule has 9 heteroatoms. The molecule has 1 aromatic heterocycles. The van der Waals surface area contributed by atoms with E-state index in [0.29, 0.717) is 43.0 Å². The van der Waals surface area contributed by atoms with Gasteiger partial charge in [-0.1, -0.05) is 35.5 Å². The van der Waals surface area contributed by atoms with E-state index in [2.05, 4.69) is 10.1 Å². The number of benzene rings is 2. The van der Waals surface area contributed by atoms with E-state index in [-0.39, 0.29) is 16.8 Å². The highest BCUT2D eigenvalue weighted by molar-refractivity contribution is 7.89. The molecule has 4 rings (SSSR count). The molecule has 0 saturated carbocycles. The van der Waals surface area contributed by atoms with Crippen molar-refractivity contribution in [2.45, 2.75) is 17.9 Å². The molecule has 1 aliphatic rings. The number of amides is 1. The van der Waals surface area contributed by atoms with Crippen molar-refractivity contribution in [3.05, 3.63) is 72.1 Å². The van der Waals surface area contributed by atoms with Crippen LogP contribution in [0.3, 0.4) is 0 Å². The molecule has 0 spiro atoms. The molecule has 0 bridgehead atoms. The molecule has 1 saturated heterocycles. The fourth-order valence-corrected chi connectivity index (χ4v) is 5.36. The van der Waals surface area contributed by atoms with Crippen molar-refractivity contribution in [1.29, 1.82) is 0 Å². The second kappa shape index (κ2) is 9.46. The predicted molar refractivity (Wildman–Crippen MR) is 125 cm³/mol. The first kappa shape index (κ1) is 23.2. The number of hydrogen-bond donors (Lipinski definition) is 0. The van der Waals surface area contributed by atoms with Crippen LogP contribution in [0, 0.1) is 0 Å². The van der Waals surface area contributed by atoms with Gasteiger partial charge < -0.3 is 14.3 Å². The quantitative estimate of drug-likeness (QED) is 0.553. The van der Waals surface area contributed by atoms with Crippen LogP contribution >= 0.6 is 0 Å². The molecular weight excluding hydrogens is 440 g/mol. The van der Waals surface area contributed by atoms with Crippen LogP contribution in [0.1, 0.15) is 29.0 Å². The van der Waals surface area contributed by atoms with Gasteiger partial charge in [0.15, 0.2) is 0 Å². The molecule has 1 atom stereocenters. The van der Waals surface area contributed by atoms with Crippen LogP contribution in [0.4, 0.5) is 0 Å². The third-order valence-corrected chi connectivity index (χ3v) is 8.02.